The van der Waals surface area contributed by atoms with Gasteiger partial charge in [0.25, 0.3) is 0 Å². The van der Waals surface area contributed by atoms with Gasteiger partial charge in [0.15, 0.2) is 0 Å². The molecule has 0 bridgehead atoms. The summed E-state index contributed by atoms with van der Waals surface area (Å²) in [6.07, 6.45) is 5.32. The maximum atomic E-state index is 9.50. The molecule has 0 atom stereocenters. The zero-order chi connectivity index (χ0) is 12.3. The number of hydrogen-bond donors (Lipinski definition) is 1. The normalized spacial score (nSPS) is 25.4. The molecule has 0 aliphatic heterocycles. The van der Waals surface area contributed by atoms with Crippen LogP contribution in [0.1, 0.15) is 30.6 Å². The molecule has 1 saturated carbocycles. The van der Waals surface area contributed by atoms with Crippen molar-refractivity contribution in [3.05, 3.63) is 20.8 Å². The van der Waals surface area contributed by atoms with E-state index in [4.69, 9.17) is 0 Å². The second kappa shape index (κ2) is 6.32. The molecule has 0 saturated heterocycles. The Bertz CT molecular complexity index is 347. The number of halogens is 1. The zero-order valence-electron chi connectivity index (χ0n) is 10.2. The quantitative estimate of drug-likeness (QED) is 0.921. The Morgan fingerprint density at radius 3 is 2.65 bits per heavy atom. The molecule has 1 aliphatic rings. The molecular formula is C13H20BrNOS. The summed E-state index contributed by atoms with van der Waals surface area (Å²) >= 11 is 5.33. The molecule has 2 rings (SSSR count). The molecule has 0 amide bonds. The van der Waals surface area contributed by atoms with Gasteiger partial charge in [-0.2, -0.15) is 0 Å². The first-order chi connectivity index (χ1) is 8.15. The minimum Gasteiger partial charge on any atom is -0.393 e. The molecular weight excluding hydrogens is 298 g/mol. The van der Waals surface area contributed by atoms with E-state index in [0.717, 1.165) is 38.6 Å². The van der Waals surface area contributed by atoms with Crippen molar-refractivity contribution in [2.75, 3.05) is 13.6 Å². The first-order valence-electron chi connectivity index (χ1n) is 6.27. The molecule has 1 aromatic rings. The number of hydrogen-bond acceptors (Lipinski definition) is 3. The van der Waals surface area contributed by atoms with E-state index in [9.17, 15) is 5.11 Å². The summed E-state index contributed by atoms with van der Waals surface area (Å²) in [4.78, 5) is 3.90. The van der Waals surface area contributed by atoms with Crippen LogP contribution in [0.3, 0.4) is 0 Å². The van der Waals surface area contributed by atoms with Gasteiger partial charge in [-0.25, -0.2) is 0 Å². The highest BCUT2D eigenvalue weighted by Crippen LogP contribution is 2.24. The average Bonchev–Trinajstić information content (AvgIpc) is 2.73. The van der Waals surface area contributed by atoms with Gasteiger partial charge in [-0.15, -0.1) is 11.3 Å². The number of aliphatic hydroxyl groups is 1. The third-order valence-corrected chi connectivity index (χ3v) is 5.31. The first kappa shape index (κ1) is 13.5. The molecule has 1 aromatic heterocycles. The fourth-order valence-electron chi connectivity index (χ4n) is 2.45. The van der Waals surface area contributed by atoms with Crippen LogP contribution in [0, 0.1) is 0 Å². The van der Waals surface area contributed by atoms with Crippen molar-refractivity contribution in [2.45, 2.75) is 44.2 Å². The number of aliphatic hydroxyl groups excluding tert-OH is 1. The van der Waals surface area contributed by atoms with Crippen molar-refractivity contribution in [1.82, 2.24) is 4.90 Å². The summed E-state index contributed by atoms with van der Waals surface area (Å²) in [5.74, 6) is 0. The van der Waals surface area contributed by atoms with Crippen molar-refractivity contribution in [1.29, 1.82) is 0 Å². The highest BCUT2D eigenvalue weighted by Gasteiger charge is 2.22. The molecule has 1 fully saturated rings. The van der Waals surface area contributed by atoms with Crippen LogP contribution in [0.2, 0.25) is 0 Å². The zero-order valence-corrected chi connectivity index (χ0v) is 12.6. The molecule has 1 heterocycles. The molecule has 96 valence electrons. The summed E-state index contributed by atoms with van der Waals surface area (Å²) in [6.45, 7) is 1.12. The van der Waals surface area contributed by atoms with Gasteiger partial charge >= 0.3 is 0 Å². The Balaban J connectivity index is 1.75. The first-order valence-corrected chi connectivity index (χ1v) is 7.88. The smallest absolute Gasteiger partial charge is 0.0701 e. The minimum atomic E-state index is -0.0482. The lowest BCUT2D eigenvalue weighted by Gasteiger charge is -2.33. The summed E-state index contributed by atoms with van der Waals surface area (Å²) in [7, 11) is 2.21. The Morgan fingerprint density at radius 2 is 2.06 bits per heavy atom. The van der Waals surface area contributed by atoms with Gasteiger partial charge in [0.2, 0.25) is 0 Å². The van der Waals surface area contributed by atoms with E-state index >= 15 is 0 Å². The number of likely N-dealkylation sites (N-methyl/N-ethyl adjacent to an activating group) is 1. The maximum Gasteiger partial charge on any atom is 0.0701 e. The third kappa shape index (κ3) is 4.05. The predicted octanol–water partition coefficient (Wildman–Crippen LogP) is 3.29. The summed E-state index contributed by atoms with van der Waals surface area (Å²) < 4.78 is 1.22. The van der Waals surface area contributed by atoms with Crippen LogP contribution >= 0.6 is 27.3 Å². The van der Waals surface area contributed by atoms with Gasteiger partial charge in [-0.3, -0.25) is 0 Å². The van der Waals surface area contributed by atoms with E-state index < -0.39 is 0 Å². The lowest BCUT2D eigenvalue weighted by Crippen LogP contribution is -2.37. The molecule has 4 heteroatoms. The summed E-state index contributed by atoms with van der Waals surface area (Å²) in [5.41, 5.74) is 0. The van der Waals surface area contributed by atoms with Gasteiger partial charge in [-0.05, 0) is 67.2 Å². The van der Waals surface area contributed by atoms with E-state index in [0.29, 0.717) is 6.04 Å². The minimum absolute atomic E-state index is 0.0482. The highest BCUT2D eigenvalue weighted by molar-refractivity contribution is 9.11. The van der Waals surface area contributed by atoms with E-state index in [1.165, 1.54) is 8.66 Å². The number of nitrogens with zero attached hydrogens (tertiary/aromatic N) is 1. The van der Waals surface area contributed by atoms with Crippen molar-refractivity contribution >= 4 is 27.3 Å². The molecule has 0 radical (unpaired) electrons. The molecule has 0 aromatic carbocycles. The average molecular weight is 318 g/mol. The Labute approximate surface area is 116 Å². The van der Waals surface area contributed by atoms with Gasteiger partial charge in [0.1, 0.15) is 0 Å². The van der Waals surface area contributed by atoms with Crippen molar-refractivity contribution in [2.24, 2.45) is 0 Å². The van der Waals surface area contributed by atoms with Crippen LogP contribution in [0.25, 0.3) is 0 Å². The van der Waals surface area contributed by atoms with Crippen LogP contribution in [-0.4, -0.2) is 35.7 Å². The molecule has 0 unspecified atom stereocenters. The topological polar surface area (TPSA) is 23.5 Å². The Morgan fingerprint density at radius 1 is 1.35 bits per heavy atom. The molecule has 0 spiro atoms. The maximum absolute atomic E-state index is 9.50. The standard InChI is InChI=1S/C13H20BrNOS/c1-15(10-2-4-11(16)5-3-10)9-8-12-6-7-13(14)17-12/h6-7,10-11,16H,2-5,8-9H2,1H3. The second-order valence-corrected chi connectivity index (χ2v) is 7.45. The van der Waals surface area contributed by atoms with Gasteiger partial charge in [0, 0.05) is 17.5 Å². The SMILES string of the molecule is CN(CCc1ccc(Br)s1)C1CCC(O)CC1. The lowest BCUT2D eigenvalue weighted by molar-refractivity contribution is 0.0847. The Hall–Kier alpha value is 0.1000. The third-order valence-electron chi connectivity index (χ3n) is 3.63. The fraction of sp³-hybridized carbons (Fsp3) is 0.692. The predicted molar refractivity (Wildman–Crippen MR) is 76.6 cm³/mol. The van der Waals surface area contributed by atoms with E-state index in [-0.39, 0.29) is 6.10 Å². The van der Waals surface area contributed by atoms with E-state index in [1.54, 1.807) is 0 Å². The largest absolute Gasteiger partial charge is 0.393 e. The van der Waals surface area contributed by atoms with Crippen LogP contribution in [0.4, 0.5) is 0 Å². The highest BCUT2D eigenvalue weighted by atomic mass is 79.9. The van der Waals surface area contributed by atoms with Gasteiger partial charge < -0.3 is 10.0 Å². The van der Waals surface area contributed by atoms with Crippen LogP contribution < -0.4 is 0 Å². The van der Waals surface area contributed by atoms with Crippen LogP contribution in [0.15, 0.2) is 15.9 Å². The van der Waals surface area contributed by atoms with Gasteiger partial charge in [0.05, 0.1) is 9.89 Å². The molecule has 1 N–H and O–H groups in total. The monoisotopic (exact) mass is 317 g/mol. The van der Waals surface area contributed by atoms with Crippen LogP contribution in [-0.2, 0) is 6.42 Å². The molecule has 17 heavy (non-hydrogen) atoms. The summed E-state index contributed by atoms with van der Waals surface area (Å²) in [6, 6.07) is 4.99. The number of rotatable bonds is 4. The number of thiophene rings is 1. The van der Waals surface area contributed by atoms with Gasteiger partial charge in [-0.1, -0.05) is 0 Å². The summed E-state index contributed by atoms with van der Waals surface area (Å²) in [5, 5.41) is 9.50. The molecule has 2 nitrogen and oxygen atoms in total. The second-order valence-electron chi connectivity index (χ2n) is 4.90. The lowest BCUT2D eigenvalue weighted by atomic mass is 9.92. The van der Waals surface area contributed by atoms with E-state index in [1.807, 2.05) is 11.3 Å². The van der Waals surface area contributed by atoms with Crippen molar-refractivity contribution < 1.29 is 5.11 Å². The van der Waals surface area contributed by atoms with Crippen molar-refractivity contribution in [3.63, 3.8) is 0 Å². The van der Waals surface area contributed by atoms with Crippen LogP contribution in [0.5, 0.6) is 0 Å². The van der Waals surface area contributed by atoms with Crippen molar-refractivity contribution in [3.8, 4) is 0 Å². The fourth-order valence-corrected chi connectivity index (χ4v) is 3.93. The van der Waals surface area contributed by atoms with E-state index in [2.05, 4.69) is 40.0 Å². The Kier molecular flexibility index (Phi) is 5.03. The molecule has 1 aliphatic carbocycles.